The molecular weight excluding hydrogens is 219 g/mol. The lowest BCUT2D eigenvalue weighted by molar-refractivity contribution is -0.118. The monoisotopic (exact) mass is 230 g/mol. The topological polar surface area (TPSA) is 52.9 Å². The molecule has 1 N–H and O–H groups in total. The number of nitrogens with zero attached hydrogens (tertiary/aromatic N) is 1. The predicted octanol–water partition coefficient (Wildman–Crippen LogP) is 1.38. The minimum atomic E-state index is -0.433. The number of nitriles is 1. The summed E-state index contributed by atoms with van der Waals surface area (Å²) in [5, 5.41) is 11.0. The molecule has 0 aliphatic heterocycles. The summed E-state index contributed by atoms with van der Waals surface area (Å²) in [6.45, 7) is 1.63. The minimum Gasteiger partial charge on any atom is -0.345 e. The van der Waals surface area contributed by atoms with Crippen molar-refractivity contribution in [1.29, 1.82) is 5.26 Å². The van der Waals surface area contributed by atoms with Crippen LogP contribution in [0.5, 0.6) is 0 Å². The molecule has 0 fully saturated rings. The highest BCUT2D eigenvalue weighted by molar-refractivity contribution is 5.73. The quantitative estimate of drug-likeness (QED) is 0.780. The summed E-state index contributed by atoms with van der Waals surface area (Å²) in [5.74, 6) is 4.83. The van der Waals surface area contributed by atoms with Gasteiger partial charge in [0.05, 0.1) is 19.0 Å². The Hall–Kier alpha value is -2.33. The maximum absolute atomic E-state index is 13.4. The van der Waals surface area contributed by atoms with Crippen LogP contribution in [0.3, 0.4) is 0 Å². The Balaban J connectivity index is 2.70. The second kappa shape index (κ2) is 6.30. The van der Waals surface area contributed by atoms with Crippen LogP contribution in [0, 0.1) is 29.0 Å². The van der Waals surface area contributed by atoms with E-state index in [2.05, 4.69) is 17.2 Å². The number of carbonyl (C=O) groups excluding carboxylic acids is 1. The second-order valence-corrected chi connectivity index (χ2v) is 3.35. The van der Waals surface area contributed by atoms with Gasteiger partial charge in [-0.3, -0.25) is 4.79 Å². The van der Waals surface area contributed by atoms with Crippen molar-refractivity contribution in [1.82, 2.24) is 5.32 Å². The normalized spacial score (nSPS) is 8.76. The number of nitrogens with one attached hydrogen (secondary N) is 1. The highest BCUT2D eigenvalue weighted by Crippen LogP contribution is 2.09. The standard InChI is InChI=1S/C13H11FN2O/c1-10(17)16-8-2-3-11-4-5-12(6-7-15)13(14)9-11/h4-5,9H,6,8H2,1H3,(H,16,17). The van der Waals surface area contributed by atoms with E-state index in [-0.39, 0.29) is 18.9 Å². The molecule has 0 unspecified atom stereocenters. The van der Waals surface area contributed by atoms with Gasteiger partial charge in [-0.05, 0) is 12.1 Å². The first kappa shape index (κ1) is 12.7. The van der Waals surface area contributed by atoms with Crippen LogP contribution in [-0.4, -0.2) is 12.5 Å². The van der Waals surface area contributed by atoms with Gasteiger partial charge < -0.3 is 5.32 Å². The van der Waals surface area contributed by atoms with Gasteiger partial charge in [0.2, 0.25) is 5.91 Å². The average molecular weight is 230 g/mol. The molecule has 0 heterocycles. The number of hydrogen-bond acceptors (Lipinski definition) is 2. The maximum atomic E-state index is 13.4. The van der Waals surface area contributed by atoms with Gasteiger partial charge in [0, 0.05) is 18.1 Å². The van der Waals surface area contributed by atoms with Crippen LogP contribution in [0.15, 0.2) is 18.2 Å². The third-order valence-corrected chi connectivity index (χ3v) is 1.98. The van der Waals surface area contributed by atoms with E-state index < -0.39 is 5.82 Å². The molecule has 17 heavy (non-hydrogen) atoms. The number of halogens is 1. The molecule has 0 aliphatic carbocycles. The first-order chi connectivity index (χ1) is 8.13. The van der Waals surface area contributed by atoms with Crippen LogP contribution < -0.4 is 5.32 Å². The van der Waals surface area contributed by atoms with E-state index in [1.165, 1.54) is 13.0 Å². The fourth-order valence-corrected chi connectivity index (χ4v) is 1.17. The first-order valence-electron chi connectivity index (χ1n) is 5.02. The zero-order valence-corrected chi connectivity index (χ0v) is 9.38. The molecule has 0 radical (unpaired) electrons. The lowest BCUT2D eigenvalue weighted by atomic mass is 10.1. The largest absolute Gasteiger partial charge is 0.345 e. The summed E-state index contributed by atoms with van der Waals surface area (Å²) >= 11 is 0. The van der Waals surface area contributed by atoms with Crippen molar-refractivity contribution in [3.05, 3.63) is 35.1 Å². The Kier molecular flexibility index (Phi) is 4.72. The third kappa shape index (κ3) is 4.36. The molecule has 3 nitrogen and oxygen atoms in total. The van der Waals surface area contributed by atoms with E-state index in [4.69, 9.17) is 5.26 Å². The van der Waals surface area contributed by atoms with Crippen LogP contribution in [0.2, 0.25) is 0 Å². The third-order valence-electron chi connectivity index (χ3n) is 1.98. The molecule has 86 valence electrons. The summed E-state index contributed by atoms with van der Waals surface area (Å²) in [6.07, 6.45) is 0.0471. The molecule has 4 heteroatoms. The van der Waals surface area contributed by atoms with Crippen LogP contribution in [0.1, 0.15) is 18.1 Å². The Labute approximate surface area is 99.3 Å². The van der Waals surface area contributed by atoms with Crippen molar-refractivity contribution in [3.8, 4) is 17.9 Å². The van der Waals surface area contributed by atoms with E-state index in [9.17, 15) is 9.18 Å². The summed E-state index contributed by atoms with van der Waals surface area (Å²) in [6, 6.07) is 6.36. The second-order valence-electron chi connectivity index (χ2n) is 3.35. The highest BCUT2D eigenvalue weighted by atomic mass is 19.1. The van der Waals surface area contributed by atoms with Gasteiger partial charge in [0.1, 0.15) is 5.82 Å². The molecule has 0 aromatic heterocycles. The number of hydrogen-bond donors (Lipinski definition) is 1. The Morgan fingerprint density at radius 3 is 2.88 bits per heavy atom. The number of benzene rings is 1. The molecule has 0 bridgehead atoms. The zero-order chi connectivity index (χ0) is 12.7. The highest BCUT2D eigenvalue weighted by Gasteiger charge is 2.01. The van der Waals surface area contributed by atoms with Gasteiger partial charge in [0.25, 0.3) is 0 Å². The van der Waals surface area contributed by atoms with Crippen molar-refractivity contribution < 1.29 is 9.18 Å². The summed E-state index contributed by atoms with van der Waals surface area (Å²) < 4.78 is 13.4. The molecule has 0 spiro atoms. The molecule has 1 amide bonds. The Morgan fingerprint density at radius 1 is 1.53 bits per heavy atom. The van der Waals surface area contributed by atoms with Crippen LogP contribution in [-0.2, 0) is 11.2 Å². The van der Waals surface area contributed by atoms with Gasteiger partial charge in [0.15, 0.2) is 0 Å². The van der Waals surface area contributed by atoms with Crippen molar-refractivity contribution in [2.45, 2.75) is 13.3 Å². The van der Waals surface area contributed by atoms with Crippen molar-refractivity contribution >= 4 is 5.91 Å². The lowest BCUT2D eigenvalue weighted by Gasteiger charge is -1.98. The fraction of sp³-hybridized carbons (Fsp3) is 0.231. The number of amides is 1. The fourth-order valence-electron chi connectivity index (χ4n) is 1.17. The van der Waals surface area contributed by atoms with Crippen molar-refractivity contribution in [2.75, 3.05) is 6.54 Å². The van der Waals surface area contributed by atoms with E-state index in [1.54, 1.807) is 12.1 Å². The summed E-state index contributed by atoms with van der Waals surface area (Å²) in [7, 11) is 0. The van der Waals surface area contributed by atoms with Gasteiger partial charge in [-0.25, -0.2) is 4.39 Å². The molecule has 1 aromatic rings. The Morgan fingerprint density at radius 2 is 2.29 bits per heavy atom. The average Bonchev–Trinajstić information content (AvgIpc) is 2.28. The maximum Gasteiger partial charge on any atom is 0.217 e. The Bertz CT molecular complexity index is 520. The minimum absolute atomic E-state index is 0.0471. The predicted molar refractivity (Wildman–Crippen MR) is 61.3 cm³/mol. The van der Waals surface area contributed by atoms with Gasteiger partial charge in [-0.15, -0.1) is 0 Å². The summed E-state index contributed by atoms with van der Waals surface area (Å²) in [5.41, 5.74) is 0.884. The summed E-state index contributed by atoms with van der Waals surface area (Å²) in [4.78, 5) is 10.6. The molecule has 1 rings (SSSR count). The number of carbonyl (C=O) groups is 1. The molecule has 0 aliphatic rings. The lowest BCUT2D eigenvalue weighted by Crippen LogP contribution is -2.19. The SMILES string of the molecule is CC(=O)NCC#Cc1ccc(CC#N)c(F)c1. The molecule has 0 atom stereocenters. The van der Waals surface area contributed by atoms with Crippen molar-refractivity contribution in [3.63, 3.8) is 0 Å². The smallest absolute Gasteiger partial charge is 0.217 e. The van der Waals surface area contributed by atoms with Gasteiger partial charge in [-0.1, -0.05) is 17.9 Å². The molecule has 0 saturated heterocycles. The van der Waals surface area contributed by atoms with Gasteiger partial charge in [-0.2, -0.15) is 5.26 Å². The molecular formula is C13H11FN2O. The number of rotatable bonds is 2. The molecule has 0 saturated carbocycles. The van der Waals surface area contributed by atoms with E-state index in [1.807, 2.05) is 6.07 Å². The van der Waals surface area contributed by atoms with E-state index >= 15 is 0 Å². The molecule has 1 aromatic carbocycles. The van der Waals surface area contributed by atoms with Crippen LogP contribution >= 0.6 is 0 Å². The van der Waals surface area contributed by atoms with Crippen molar-refractivity contribution in [2.24, 2.45) is 0 Å². The van der Waals surface area contributed by atoms with Crippen LogP contribution in [0.4, 0.5) is 4.39 Å². The van der Waals surface area contributed by atoms with E-state index in [0.717, 1.165) is 0 Å². The van der Waals surface area contributed by atoms with Crippen LogP contribution in [0.25, 0.3) is 0 Å². The van der Waals surface area contributed by atoms with E-state index in [0.29, 0.717) is 11.1 Å². The zero-order valence-electron chi connectivity index (χ0n) is 9.38. The first-order valence-corrected chi connectivity index (χ1v) is 5.02. The van der Waals surface area contributed by atoms with Gasteiger partial charge >= 0.3 is 0 Å².